The van der Waals surface area contributed by atoms with E-state index >= 15 is 0 Å². The third kappa shape index (κ3) is 7.19. The molecule has 0 saturated heterocycles. The van der Waals surface area contributed by atoms with Crippen LogP contribution >= 0.6 is 17.1 Å². The lowest BCUT2D eigenvalue weighted by Gasteiger charge is -2.22. The summed E-state index contributed by atoms with van der Waals surface area (Å²) in [5.41, 5.74) is -0.609. The summed E-state index contributed by atoms with van der Waals surface area (Å²) in [6.07, 6.45) is 0. The Balaban J connectivity index is 2.89. The summed E-state index contributed by atoms with van der Waals surface area (Å²) in [7, 11) is 0. The predicted octanol–water partition coefficient (Wildman–Crippen LogP) is 4.63. The minimum absolute atomic E-state index is 0.0401. The van der Waals surface area contributed by atoms with Crippen LogP contribution in [0.15, 0.2) is 40.9 Å². The molecule has 0 amide bonds. The molecular weight excluding hydrogens is 349 g/mol. The molecule has 0 atom stereocenters. The number of ketones is 1. The van der Waals surface area contributed by atoms with E-state index in [0.717, 1.165) is 11.3 Å². The number of rotatable bonds is 10. The monoisotopic (exact) mass is 373 g/mol. The van der Waals surface area contributed by atoms with E-state index in [1.54, 1.807) is 0 Å². The highest BCUT2D eigenvalue weighted by Gasteiger charge is 2.25. The van der Waals surface area contributed by atoms with Gasteiger partial charge >= 0.3 is 0 Å². The maximum absolute atomic E-state index is 12.0. The van der Waals surface area contributed by atoms with Crippen molar-refractivity contribution in [3.8, 4) is 0 Å². The molecule has 0 aliphatic carbocycles. The van der Waals surface area contributed by atoms with Crippen molar-refractivity contribution in [1.29, 1.82) is 0 Å². The first-order valence-electron chi connectivity index (χ1n) is 7.50. The van der Waals surface area contributed by atoms with Crippen LogP contribution < -0.4 is 5.32 Å². The van der Waals surface area contributed by atoms with Gasteiger partial charge in [-0.15, -0.1) is 0 Å². The zero-order valence-electron chi connectivity index (χ0n) is 14.0. The van der Waals surface area contributed by atoms with Crippen LogP contribution in [0.25, 0.3) is 0 Å². The highest BCUT2D eigenvalue weighted by atomic mass is 32.9. The van der Waals surface area contributed by atoms with Crippen LogP contribution in [0.3, 0.4) is 0 Å². The van der Waals surface area contributed by atoms with Gasteiger partial charge in [0, 0.05) is 12.2 Å². The molecule has 0 aromatic heterocycles. The highest BCUT2D eigenvalue weighted by molar-refractivity contribution is 8.69. The fraction of sp³-hybridized carbons (Fsp3) is 0.438. The molecule has 1 rings (SSSR count). The van der Waals surface area contributed by atoms with Crippen LogP contribution in [0.1, 0.15) is 33.3 Å². The van der Waals surface area contributed by atoms with Gasteiger partial charge in [-0.2, -0.15) is 0 Å². The zero-order chi connectivity index (χ0) is 17.3. The Morgan fingerprint density at radius 1 is 1.17 bits per heavy atom. The van der Waals surface area contributed by atoms with Crippen LogP contribution in [0.2, 0.25) is 0 Å². The summed E-state index contributed by atoms with van der Waals surface area (Å²) >= 11 is 6.75. The summed E-state index contributed by atoms with van der Waals surface area (Å²) in [4.78, 5) is 12.6. The summed E-state index contributed by atoms with van der Waals surface area (Å²) in [6.45, 7) is 8.74. The molecule has 0 fully saturated rings. The minimum Gasteiger partial charge on any atom is -0.383 e. The van der Waals surface area contributed by atoms with Crippen molar-refractivity contribution in [2.45, 2.75) is 34.2 Å². The fourth-order valence-corrected chi connectivity index (χ4v) is 6.92. The van der Waals surface area contributed by atoms with Crippen molar-refractivity contribution in [3.05, 3.63) is 46.5 Å². The lowest BCUT2D eigenvalue weighted by Crippen LogP contribution is -2.14. The number of benzene rings is 1. The van der Waals surface area contributed by atoms with Crippen molar-refractivity contribution in [1.82, 2.24) is 5.32 Å². The van der Waals surface area contributed by atoms with E-state index in [-0.39, 0.29) is 5.78 Å². The molecule has 0 spiro atoms. The van der Waals surface area contributed by atoms with Gasteiger partial charge in [-0.25, -0.2) is 0 Å². The number of carbonyl (C=O) groups excluding carboxylic acids is 1. The standard InChI is InChI=1S/C16H24NO3PS2/c1-5-19-21(22,20-6-2)23-16(14(4)18)13(3)17-12-15-10-8-7-9-11-15/h7-11,17H,5-6,12H2,1-4H3/b16-13+. The van der Waals surface area contributed by atoms with Gasteiger partial charge in [0.25, 0.3) is 5.69 Å². The van der Waals surface area contributed by atoms with E-state index in [9.17, 15) is 4.79 Å². The summed E-state index contributed by atoms with van der Waals surface area (Å²) in [6, 6.07) is 10.0. The molecule has 4 nitrogen and oxygen atoms in total. The Labute approximate surface area is 147 Å². The number of Topliss-reactive ketones (excluding diaryl/α,β-unsaturated/α-hetero) is 1. The van der Waals surface area contributed by atoms with Crippen molar-refractivity contribution in [2.24, 2.45) is 0 Å². The molecule has 0 radical (unpaired) electrons. The Kier molecular flexibility index (Phi) is 9.10. The second-order valence-corrected chi connectivity index (χ2v) is 10.9. The second kappa shape index (κ2) is 10.3. The molecule has 1 aromatic carbocycles. The molecule has 0 aliphatic heterocycles. The molecule has 0 saturated carbocycles. The van der Waals surface area contributed by atoms with Crippen LogP contribution in [0.4, 0.5) is 0 Å². The van der Waals surface area contributed by atoms with E-state index < -0.39 is 5.69 Å². The summed E-state index contributed by atoms with van der Waals surface area (Å²) < 4.78 is 11.2. The Hall–Kier alpha value is -0.650. The highest BCUT2D eigenvalue weighted by Crippen LogP contribution is 2.64. The van der Waals surface area contributed by atoms with E-state index in [4.69, 9.17) is 20.9 Å². The lowest BCUT2D eigenvalue weighted by atomic mass is 10.2. The van der Waals surface area contributed by atoms with Gasteiger partial charge in [-0.3, -0.25) is 4.79 Å². The third-order valence-corrected chi connectivity index (χ3v) is 8.14. The third-order valence-electron chi connectivity index (χ3n) is 2.84. The van der Waals surface area contributed by atoms with Gasteiger partial charge in [-0.1, -0.05) is 30.3 Å². The first-order valence-corrected chi connectivity index (χ1v) is 11.6. The topological polar surface area (TPSA) is 47.6 Å². The normalized spacial score (nSPS) is 12.7. The summed E-state index contributed by atoms with van der Waals surface area (Å²) in [5, 5.41) is 3.29. The molecule has 0 heterocycles. The van der Waals surface area contributed by atoms with Gasteiger partial charge in [0.05, 0.1) is 18.1 Å². The molecule has 0 unspecified atom stereocenters. The van der Waals surface area contributed by atoms with Crippen molar-refractivity contribution in [2.75, 3.05) is 13.2 Å². The lowest BCUT2D eigenvalue weighted by molar-refractivity contribution is -0.113. The van der Waals surface area contributed by atoms with Gasteiger partial charge < -0.3 is 14.4 Å². The van der Waals surface area contributed by atoms with Crippen LogP contribution in [-0.2, 0) is 32.2 Å². The van der Waals surface area contributed by atoms with Crippen molar-refractivity contribution < 1.29 is 13.8 Å². The Bertz CT molecular complexity index is 580. The largest absolute Gasteiger partial charge is 0.383 e. The Morgan fingerprint density at radius 3 is 2.22 bits per heavy atom. The maximum atomic E-state index is 12.0. The minimum atomic E-state index is -2.55. The maximum Gasteiger partial charge on any atom is 0.252 e. The molecule has 0 aliphatic rings. The predicted molar refractivity (Wildman–Crippen MR) is 102 cm³/mol. The first kappa shape index (κ1) is 20.4. The number of carbonyl (C=O) groups is 1. The molecule has 1 N–H and O–H groups in total. The summed E-state index contributed by atoms with van der Waals surface area (Å²) in [5.74, 6) is -0.0401. The molecule has 7 heteroatoms. The number of nitrogens with one attached hydrogen (secondary N) is 1. The smallest absolute Gasteiger partial charge is 0.252 e. The van der Waals surface area contributed by atoms with E-state index in [0.29, 0.717) is 24.7 Å². The Morgan fingerprint density at radius 2 is 1.74 bits per heavy atom. The average Bonchev–Trinajstić information content (AvgIpc) is 2.51. The van der Waals surface area contributed by atoms with Gasteiger partial charge in [0.1, 0.15) is 0 Å². The molecule has 128 valence electrons. The molecule has 0 bridgehead atoms. The van der Waals surface area contributed by atoms with Crippen LogP contribution in [-0.4, -0.2) is 19.0 Å². The number of allylic oxidation sites excluding steroid dienone is 2. The fourth-order valence-electron chi connectivity index (χ4n) is 1.83. The van der Waals surface area contributed by atoms with Crippen molar-refractivity contribution in [3.63, 3.8) is 0 Å². The number of hydrogen-bond donors (Lipinski definition) is 1. The van der Waals surface area contributed by atoms with E-state index in [1.807, 2.05) is 51.1 Å². The zero-order valence-corrected chi connectivity index (χ0v) is 16.5. The SMILES string of the molecule is CCOP(=S)(OCC)S/C(C(C)=O)=C(\C)NCc1ccccc1. The van der Waals surface area contributed by atoms with Crippen LogP contribution in [0.5, 0.6) is 0 Å². The second-order valence-electron chi connectivity index (χ2n) is 4.72. The van der Waals surface area contributed by atoms with Gasteiger partial charge in [0.15, 0.2) is 5.78 Å². The number of hydrogen-bond acceptors (Lipinski definition) is 6. The van der Waals surface area contributed by atoms with Crippen molar-refractivity contribution >= 4 is 34.7 Å². The van der Waals surface area contributed by atoms with Crippen LogP contribution in [0, 0.1) is 0 Å². The van der Waals surface area contributed by atoms with Gasteiger partial charge in [-0.05, 0) is 56.4 Å². The van der Waals surface area contributed by atoms with Gasteiger partial charge in [0.2, 0.25) is 0 Å². The molecule has 23 heavy (non-hydrogen) atoms. The first-order chi connectivity index (χ1) is 10.9. The van der Waals surface area contributed by atoms with E-state index in [1.165, 1.54) is 18.3 Å². The molecule has 1 aromatic rings. The quantitative estimate of drug-likeness (QED) is 0.477. The van der Waals surface area contributed by atoms with E-state index in [2.05, 4.69) is 5.32 Å². The molecular formula is C16H24NO3PS2. The average molecular weight is 373 g/mol.